The maximum absolute atomic E-state index is 15.2. The predicted molar refractivity (Wildman–Crippen MR) is 61.5 cm³/mol. The topological polar surface area (TPSA) is 26.3 Å². The van der Waals surface area contributed by atoms with Gasteiger partial charge in [-0.05, 0) is 6.42 Å². The van der Waals surface area contributed by atoms with E-state index in [0.29, 0.717) is 0 Å². The number of hydrogen-bond acceptors (Lipinski definition) is 2. The number of esters is 1. The van der Waals surface area contributed by atoms with Crippen molar-refractivity contribution in [1.29, 1.82) is 0 Å². The molecular weight excluding hydrogens is 333 g/mol. The van der Waals surface area contributed by atoms with Crippen LogP contribution in [0.4, 0.5) is 30.7 Å². The number of ether oxygens (including phenoxy) is 1. The molecule has 1 saturated carbocycles. The second-order valence-corrected chi connectivity index (χ2v) is 5.65. The van der Waals surface area contributed by atoms with E-state index in [1.807, 2.05) is 0 Å². The molecule has 0 amide bonds. The lowest BCUT2D eigenvalue weighted by Gasteiger charge is -2.55. The van der Waals surface area contributed by atoms with E-state index >= 15 is 4.39 Å². The molecule has 0 radical (unpaired) electrons. The Hall–Kier alpha value is -1.80. The maximum Gasteiger partial charge on any atom is 0.347 e. The van der Waals surface area contributed by atoms with Gasteiger partial charge in [0, 0.05) is 23.5 Å². The molecular formula is C14H9F7O2. The molecule has 0 bridgehead atoms. The summed E-state index contributed by atoms with van der Waals surface area (Å²) < 4.78 is 102. The fourth-order valence-corrected chi connectivity index (χ4v) is 3.53. The Balaban J connectivity index is 2.33. The molecule has 0 heterocycles. The minimum Gasteiger partial charge on any atom is -0.467 e. The third kappa shape index (κ3) is 1.62. The Kier molecular flexibility index (Phi) is 3.22. The van der Waals surface area contributed by atoms with Crippen LogP contribution < -0.4 is 0 Å². The molecule has 0 unspecified atom stereocenters. The lowest BCUT2D eigenvalue weighted by molar-refractivity contribution is -0.221. The van der Waals surface area contributed by atoms with Gasteiger partial charge in [-0.1, -0.05) is 0 Å². The van der Waals surface area contributed by atoms with Gasteiger partial charge in [-0.15, -0.1) is 0 Å². The van der Waals surface area contributed by atoms with Crippen molar-refractivity contribution in [2.45, 2.75) is 30.4 Å². The smallest absolute Gasteiger partial charge is 0.347 e. The van der Waals surface area contributed by atoms with Crippen LogP contribution in [-0.4, -0.2) is 18.7 Å². The van der Waals surface area contributed by atoms with E-state index in [1.54, 1.807) is 0 Å². The van der Waals surface area contributed by atoms with Crippen LogP contribution in [0.25, 0.3) is 0 Å². The Morgan fingerprint density at radius 1 is 1.09 bits per heavy atom. The number of carbonyl (C=O) groups is 1. The zero-order valence-electron chi connectivity index (χ0n) is 11.5. The van der Waals surface area contributed by atoms with Gasteiger partial charge in [0.1, 0.15) is 6.17 Å². The molecule has 9 heteroatoms. The van der Waals surface area contributed by atoms with E-state index in [4.69, 9.17) is 0 Å². The minimum atomic E-state index is -3.53. The van der Waals surface area contributed by atoms with Crippen molar-refractivity contribution in [3.63, 3.8) is 0 Å². The molecule has 126 valence electrons. The van der Waals surface area contributed by atoms with Gasteiger partial charge in [-0.25, -0.2) is 35.5 Å². The average Bonchev–Trinajstić information content (AvgIpc) is 2.52. The fourth-order valence-electron chi connectivity index (χ4n) is 3.53. The van der Waals surface area contributed by atoms with E-state index in [9.17, 15) is 31.1 Å². The van der Waals surface area contributed by atoms with Crippen molar-refractivity contribution in [2.24, 2.45) is 5.92 Å². The summed E-state index contributed by atoms with van der Waals surface area (Å²) >= 11 is 0. The van der Waals surface area contributed by atoms with Crippen LogP contribution in [0.15, 0.2) is 0 Å². The van der Waals surface area contributed by atoms with Crippen LogP contribution in [0.2, 0.25) is 0 Å². The van der Waals surface area contributed by atoms with Crippen LogP contribution in [0.5, 0.6) is 0 Å². The molecule has 2 nitrogen and oxygen atoms in total. The zero-order valence-corrected chi connectivity index (χ0v) is 11.5. The summed E-state index contributed by atoms with van der Waals surface area (Å²) in [5.74, 6) is -12.4. The molecule has 23 heavy (non-hydrogen) atoms. The summed E-state index contributed by atoms with van der Waals surface area (Å²) in [5, 5.41) is 0. The van der Waals surface area contributed by atoms with Crippen LogP contribution in [0.1, 0.15) is 30.1 Å². The summed E-state index contributed by atoms with van der Waals surface area (Å²) in [4.78, 5) is 11.5. The Bertz CT molecular complexity index is 722. The highest BCUT2D eigenvalue weighted by Gasteiger charge is 2.77. The second kappa shape index (κ2) is 4.61. The van der Waals surface area contributed by atoms with Crippen molar-refractivity contribution < 1.29 is 40.3 Å². The van der Waals surface area contributed by atoms with Gasteiger partial charge in [-0.2, -0.15) is 0 Å². The van der Waals surface area contributed by atoms with E-state index in [0.717, 1.165) is 7.11 Å². The van der Waals surface area contributed by atoms with Gasteiger partial charge in [0.15, 0.2) is 28.9 Å². The first-order valence-corrected chi connectivity index (χ1v) is 6.57. The van der Waals surface area contributed by atoms with Gasteiger partial charge >= 0.3 is 5.97 Å². The number of alkyl halides is 3. The number of fused-ring (bicyclic) bond motifs is 3. The number of rotatable bonds is 1. The quantitative estimate of drug-likeness (QED) is 0.337. The minimum absolute atomic E-state index is 0.740. The summed E-state index contributed by atoms with van der Waals surface area (Å²) in [6, 6.07) is 0. The van der Waals surface area contributed by atoms with Crippen LogP contribution in [-0.2, 0) is 15.2 Å². The number of halogens is 7. The first-order valence-electron chi connectivity index (χ1n) is 6.57. The van der Waals surface area contributed by atoms with E-state index < -0.39 is 76.6 Å². The van der Waals surface area contributed by atoms with E-state index in [1.165, 1.54) is 0 Å². The average molecular weight is 342 g/mol. The third-order valence-corrected chi connectivity index (χ3v) is 4.65. The highest BCUT2D eigenvalue weighted by Crippen LogP contribution is 2.67. The van der Waals surface area contributed by atoms with Crippen molar-refractivity contribution in [1.82, 2.24) is 0 Å². The first kappa shape index (κ1) is 16.1. The lowest BCUT2D eigenvalue weighted by atomic mass is 9.52. The van der Waals surface area contributed by atoms with Crippen LogP contribution in [0.3, 0.4) is 0 Å². The van der Waals surface area contributed by atoms with Crippen LogP contribution in [0, 0.1) is 29.2 Å². The Labute approximate surface area is 125 Å². The number of benzene rings is 1. The highest BCUT2D eigenvalue weighted by molar-refractivity contribution is 5.84. The van der Waals surface area contributed by atoms with Crippen molar-refractivity contribution in [3.05, 3.63) is 34.4 Å². The molecule has 3 rings (SSSR count). The van der Waals surface area contributed by atoms with Gasteiger partial charge < -0.3 is 4.74 Å². The molecule has 0 aromatic heterocycles. The zero-order chi connectivity index (χ0) is 17.3. The summed E-state index contributed by atoms with van der Waals surface area (Å²) in [5.41, 5.74) is -10.0. The second-order valence-electron chi connectivity index (χ2n) is 5.65. The molecule has 1 aromatic rings. The van der Waals surface area contributed by atoms with E-state index in [-0.39, 0.29) is 0 Å². The molecule has 1 fully saturated rings. The fraction of sp³-hybridized carbons (Fsp3) is 0.500. The Morgan fingerprint density at radius 3 is 2.22 bits per heavy atom. The molecule has 2 aliphatic carbocycles. The molecule has 1 aromatic carbocycles. The first-order chi connectivity index (χ1) is 10.6. The van der Waals surface area contributed by atoms with Crippen molar-refractivity contribution in [3.8, 4) is 0 Å². The number of carbonyl (C=O) groups excluding carboxylic acids is 1. The standard InChI is InChI=1S/C14H9F7O2/c1-23-12(22)13(20)3-4-2-5(15)6-7(14(4,13)21)9(17)11(19)10(18)8(6)16/h4-5H,2-3H2,1H3/t4-,5+,13+,14-/m1/s1. The third-order valence-electron chi connectivity index (χ3n) is 4.65. The van der Waals surface area contributed by atoms with Crippen molar-refractivity contribution in [2.75, 3.05) is 7.11 Å². The largest absolute Gasteiger partial charge is 0.467 e. The predicted octanol–water partition coefficient (Wildman–Crippen LogP) is 3.72. The SMILES string of the molecule is COC(=O)[C@@]1(F)C[C@H]2C[C@H](F)c3c(F)c(F)c(F)c(F)c3[C@]21F. The summed E-state index contributed by atoms with van der Waals surface area (Å²) in [7, 11) is 0.740. The maximum atomic E-state index is 15.2. The van der Waals surface area contributed by atoms with Crippen LogP contribution >= 0.6 is 0 Å². The number of methoxy groups -OCH3 is 1. The normalized spacial score (nSPS) is 35.1. The monoisotopic (exact) mass is 342 g/mol. The molecule has 0 spiro atoms. The highest BCUT2D eigenvalue weighted by atomic mass is 19.2. The van der Waals surface area contributed by atoms with E-state index in [2.05, 4.69) is 4.74 Å². The van der Waals surface area contributed by atoms with Gasteiger partial charge in [0.25, 0.3) is 0 Å². The summed E-state index contributed by atoms with van der Waals surface area (Å²) in [6.45, 7) is 0. The molecule has 0 aliphatic heterocycles. The summed E-state index contributed by atoms with van der Waals surface area (Å²) in [6.07, 6.45) is -3.99. The molecule has 0 saturated heterocycles. The number of hydrogen-bond donors (Lipinski definition) is 0. The lowest BCUT2D eigenvalue weighted by Crippen LogP contribution is -2.68. The van der Waals surface area contributed by atoms with Gasteiger partial charge in [-0.3, -0.25) is 0 Å². The molecule has 4 atom stereocenters. The van der Waals surface area contributed by atoms with Gasteiger partial charge in [0.2, 0.25) is 5.67 Å². The Morgan fingerprint density at radius 2 is 1.65 bits per heavy atom. The van der Waals surface area contributed by atoms with Gasteiger partial charge in [0.05, 0.1) is 7.11 Å². The molecule has 0 N–H and O–H groups in total. The van der Waals surface area contributed by atoms with Crippen molar-refractivity contribution >= 4 is 5.97 Å². The molecule has 2 aliphatic rings.